The number of aromatic nitrogens is 2. The van der Waals surface area contributed by atoms with E-state index in [1.165, 1.54) is 10.8 Å². The fraction of sp³-hybridized carbons (Fsp3) is 0.278. The molecule has 124 valence electrons. The highest BCUT2D eigenvalue weighted by Gasteiger charge is 2.16. The Hall–Kier alpha value is -3.07. The second-order valence-corrected chi connectivity index (χ2v) is 5.16. The van der Waals surface area contributed by atoms with E-state index < -0.39 is 5.91 Å². The Morgan fingerprint density at radius 2 is 2.08 bits per heavy atom. The minimum atomic E-state index is -0.461. The second kappa shape index (κ2) is 7.47. The molecule has 2 aromatic rings. The van der Waals surface area contributed by atoms with Crippen molar-refractivity contribution in [2.45, 2.75) is 20.8 Å². The molecule has 0 atom stereocenters. The minimum Gasteiger partial charge on any atom is -0.493 e. The van der Waals surface area contributed by atoms with E-state index in [-0.39, 0.29) is 5.57 Å². The van der Waals surface area contributed by atoms with Crippen LogP contribution in [0.25, 0.3) is 6.08 Å². The zero-order valence-corrected chi connectivity index (χ0v) is 14.2. The van der Waals surface area contributed by atoms with Gasteiger partial charge in [-0.25, -0.2) is 4.68 Å². The van der Waals surface area contributed by atoms with Crippen LogP contribution in [0.15, 0.2) is 29.8 Å². The normalized spacial score (nSPS) is 11.0. The van der Waals surface area contributed by atoms with Crippen LogP contribution in [0.5, 0.6) is 11.5 Å². The van der Waals surface area contributed by atoms with Gasteiger partial charge in [-0.1, -0.05) is 6.07 Å². The fourth-order valence-electron chi connectivity index (χ4n) is 2.31. The maximum Gasteiger partial charge on any atom is 0.289 e. The lowest BCUT2D eigenvalue weighted by molar-refractivity contribution is 0.0943. The molecular formula is C18H19N3O3. The van der Waals surface area contributed by atoms with Crippen LogP contribution in [0.1, 0.15) is 28.7 Å². The molecule has 0 spiro atoms. The Labute approximate surface area is 140 Å². The lowest BCUT2D eigenvalue weighted by atomic mass is 10.1. The number of carbonyl (C=O) groups is 1. The summed E-state index contributed by atoms with van der Waals surface area (Å²) in [6.45, 7) is 5.92. The van der Waals surface area contributed by atoms with Crippen LogP contribution in [0.3, 0.4) is 0 Å². The van der Waals surface area contributed by atoms with Gasteiger partial charge in [-0.05, 0) is 50.6 Å². The number of benzene rings is 1. The maximum atomic E-state index is 12.5. The summed E-state index contributed by atoms with van der Waals surface area (Å²) in [4.78, 5) is 12.5. The smallest absolute Gasteiger partial charge is 0.289 e. The van der Waals surface area contributed by atoms with Gasteiger partial charge in [0, 0.05) is 5.69 Å². The van der Waals surface area contributed by atoms with E-state index in [9.17, 15) is 10.1 Å². The first kappa shape index (κ1) is 17.3. The summed E-state index contributed by atoms with van der Waals surface area (Å²) in [5, 5.41) is 13.5. The zero-order chi connectivity index (χ0) is 17.7. The number of allylic oxidation sites excluding steroid dienone is 1. The quantitative estimate of drug-likeness (QED) is 0.623. The van der Waals surface area contributed by atoms with Gasteiger partial charge in [0.2, 0.25) is 0 Å². The third-order valence-electron chi connectivity index (χ3n) is 3.35. The number of ether oxygens (including phenoxy) is 2. The summed E-state index contributed by atoms with van der Waals surface area (Å²) >= 11 is 0. The maximum absolute atomic E-state index is 12.5. The largest absolute Gasteiger partial charge is 0.493 e. The molecule has 0 fully saturated rings. The van der Waals surface area contributed by atoms with Gasteiger partial charge in [-0.2, -0.15) is 10.4 Å². The van der Waals surface area contributed by atoms with E-state index in [1.54, 1.807) is 45.2 Å². The molecule has 1 heterocycles. The molecule has 0 aliphatic carbocycles. The van der Waals surface area contributed by atoms with Crippen molar-refractivity contribution in [1.29, 1.82) is 5.26 Å². The van der Waals surface area contributed by atoms with Crippen molar-refractivity contribution in [2.24, 2.45) is 0 Å². The molecule has 0 saturated heterocycles. The summed E-state index contributed by atoms with van der Waals surface area (Å²) in [5.41, 5.74) is 2.07. The molecule has 0 radical (unpaired) electrons. The molecule has 1 aromatic heterocycles. The summed E-state index contributed by atoms with van der Waals surface area (Å²) in [6, 6.07) is 8.95. The number of nitrogens with zero attached hydrogens (tertiary/aromatic N) is 3. The summed E-state index contributed by atoms with van der Waals surface area (Å²) < 4.78 is 12.0. The van der Waals surface area contributed by atoms with E-state index in [2.05, 4.69) is 5.10 Å². The standard InChI is InChI=1S/C18H19N3O3/c1-5-24-17-10-14(6-7-16(17)23-4)9-15(11-19)18(22)21-13(3)8-12(2)20-21/h6-10H,5H2,1-4H3/b15-9+. The van der Waals surface area contributed by atoms with Gasteiger partial charge in [0.15, 0.2) is 11.5 Å². The van der Waals surface area contributed by atoms with Gasteiger partial charge in [0.25, 0.3) is 5.91 Å². The van der Waals surface area contributed by atoms with Gasteiger partial charge < -0.3 is 9.47 Å². The highest BCUT2D eigenvalue weighted by Crippen LogP contribution is 2.29. The van der Waals surface area contributed by atoms with Crippen LogP contribution in [0.2, 0.25) is 0 Å². The Bertz CT molecular complexity index is 829. The Morgan fingerprint density at radius 1 is 1.33 bits per heavy atom. The Morgan fingerprint density at radius 3 is 2.62 bits per heavy atom. The van der Waals surface area contributed by atoms with Crippen LogP contribution >= 0.6 is 0 Å². The summed E-state index contributed by atoms with van der Waals surface area (Å²) in [7, 11) is 1.56. The van der Waals surface area contributed by atoms with E-state index >= 15 is 0 Å². The Balaban J connectivity index is 2.40. The van der Waals surface area contributed by atoms with Crippen LogP contribution in [-0.2, 0) is 0 Å². The number of hydrogen-bond acceptors (Lipinski definition) is 5. The molecule has 24 heavy (non-hydrogen) atoms. The number of nitriles is 1. The van der Waals surface area contributed by atoms with E-state index in [0.29, 0.717) is 29.4 Å². The van der Waals surface area contributed by atoms with Crippen molar-refractivity contribution in [3.63, 3.8) is 0 Å². The van der Waals surface area contributed by atoms with E-state index in [4.69, 9.17) is 9.47 Å². The zero-order valence-electron chi connectivity index (χ0n) is 14.2. The van der Waals surface area contributed by atoms with Crippen molar-refractivity contribution < 1.29 is 14.3 Å². The highest BCUT2D eigenvalue weighted by molar-refractivity contribution is 6.03. The van der Waals surface area contributed by atoms with Crippen molar-refractivity contribution in [3.8, 4) is 17.6 Å². The lowest BCUT2D eigenvalue weighted by Gasteiger charge is -2.10. The van der Waals surface area contributed by atoms with Crippen molar-refractivity contribution in [1.82, 2.24) is 9.78 Å². The van der Waals surface area contributed by atoms with Crippen LogP contribution < -0.4 is 9.47 Å². The van der Waals surface area contributed by atoms with Crippen LogP contribution in [-0.4, -0.2) is 29.4 Å². The third kappa shape index (κ3) is 3.63. The first-order chi connectivity index (χ1) is 11.5. The highest BCUT2D eigenvalue weighted by atomic mass is 16.5. The van der Waals surface area contributed by atoms with Crippen molar-refractivity contribution in [3.05, 3.63) is 46.8 Å². The lowest BCUT2D eigenvalue weighted by Crippen LogP contribution is -2.15. The molecule has 0 aliphatic heterocycles. The van der Waals surface area contributed by atoms with Gasteiger partial charge in [0.1, 0.15) is 11.6 Å². The number of carbonyl (C=O) groups excluding carboxylic acids is 1. The average molecular weight is 325 g/mol. The van der Waals surface area contributed by atoms with Gasteiger partial charge >= 0.3 is 0 Å². The molecule has 1 aromatic carbocycles. The molecule has 2 rings (SSSR count). The molecule has 0 unspecified atom stereocenters. The third-order valence-corrected chi connectivity index (χ3v) is 3.35. The predicted octanol–water partition coefficient (Wildman–Crippen LogP) is 3.15. The van der Waals surface area contributed by atoms with E-state index in [1.807, 2.05) is 13.0 Å². The average Bonchev–Trinajstić information content (AvgIpc) is 2.91. The predicted molar refractivity (Wildman–Crippen MR) is 90.1 cm³/mol. The number of methoxy groups -OCH3 is 1. The minimum absolute atomic E-state index is 0.00573. The number of hydrogen-bond donors (Lipinski definition) is 0. The van der Waals surface area contributed by atoms with Crippen LogP contribution in [0.4, 0.5) is 0 Å². The Kier molecular flexibility index (Phi) is 5.38. The first-order valence-corrected chi connectivity index (χ1v) is 7.50. The van der Waals surface area contributed by atoms with Gasteiger partial charge in [0.05, 0.1) is 19.4 Å². The fourth-order valence-corrected chi connectivity index (χ4v) is 2.31. The molecule has 6 nitrogen and oxygen atoms in total. The van der Waals surface area contributed by atoms with Crippen molar-refractivity contribution in [2.75, 3.05) is 13.7 Å². The van der Waals surface area contributed by atoms with E-state index in [0.717, 1.165) is 5.69 Å². The van der Waals surface area contributed by atoms with Gasteiger partial charge in [-0.15, -0.1) is 0 Å². The topological polar surface area (TPSA) is 77.1 Å². The SMILES string of the molecule is CCOc1cc(/C=C(\C#N)C(=O)n2nc(C)cc2C)ccc1OC. The molecule has 6 heteroatoms. The molecule has 0 N–H and O–H groups in total. The van der Waals surface area contributed by atoms with Crippen molar-refractivity contribution >= 4 is 12.0 Å². The number of rotatable bonds is 5. The summed E-state index contributed by atoms with van der Waals surface area (Å²) in [5.74, 6) is 0.693. The monoisotopic (exact) mass is 325 g/mol. The molecular weight excluding hydrogens is 306 g/mol. The molecule has 0 aliphatic rings. The second-order valence-electron chi connectivity index (χ2n) is 5.16. The van der Waals surface area contributed by atoms with Crippen LogP contribution in [0, 0.1) is 25.2 Å². The van der Waals surface area contributed by atoms with Gasteiger partial charge in [-0.3, -0.25) is 4.79 Å². The molecule has 0 saturated carbocycles. The molecule has 0 amide bonds. The molecule has 0 bridgehead atoms. The summed E-state index contributed by atoms with van der Waals surface area (Å²) in [6.07, 6.45) is 1.51. The first-order valence-electron chi connectivity index (χ1n) is 7.50. The number of aryl methyl sites for hydroxylation is 2.